The lowest BCUT2D eigenvalue weighted by atomic mass is 10.4. The van der Waals surface area contributed by atoms with Gasteiger partial charge in [-0.05, 0) is 13.8 Å². The van der Waals surface area contributed by atoms with Gasteiger partial charge >= 0.3 is 6.18 Å². The quantitative estimate of drug-likeness (QED) is 0.832. The van der Waals surface area contributed by atoms with Gasteiger partial charge in [-0.15, -0.1) is 11.8 Å². The minimum absolute atomic E-state index is 0.242. The number of carbonyl (C=O) groups excluding carboxylic acids is 2. The third kappa shape index (κ3) is 7.02. The van der Waals surface area contributed by atoms with Crippen LogP contribution in [0, 0.1) is 6.92 Å². The summed E-state index contributed by atoms with van der Waals surface area (Å²) >= 11 is 0.919. The number of aromatic nitrogens is 1. The molecule has 0 bridgehead atoms. The van der Waals surface area contributed by atoms with Gasteiger partial charge in [-0.2, -0.15) is 13.2 Å². The summed E-state index contributed by atoms with van der Waals surface area (Å²) in [6.45, 7) is 1.81. The molecular weight excluding hydrogens is 311 g/mol. The molecule has 1 aromatic rings. The third-order valence-corrected chi connectivity index (χ3v) is 3.34. The van der Waals surface area contributed by atoms with Gasteiger partial charge < -0.3 is 15.2 Å². The summed E-state index contributed by atoms with van der Waals surface area (Å²) in [4.78, 5) is 22.9. The molecule has 0 aliphatic rings. The number of nitrogens with zero attached hydrogens (tertiary/aromatic N) is 1. The van der Waals surface area contributed by atoms with Crippen molar-refractivity contribution < 1.29 is 27.3 Å². The predicted molar refractivity (Wildman–Crippen MR) is 70.9 cm³/mol. The van der Waals surface area contributed by atoms with E-state index in [0.717, 1.165) is 11.8 Å². The smallest absolute Gasteiger partial charge is 0.360 e. The van der Waals surface area contributed by atoms with Crippen LogP contribution in [0.2, 0.25) is 0 Å². The Labute approximate surface area is 122 Å². The van der Waals surface area contributed by atoms with Gasteiger partial charge in [0.05, 0.1) is 11.0 Å². The lowest BCUT2D eigenvalue weighted by molar-refractivity contribution is -0.136. The van der Waals surface area contributed by atoms with Crippen molar-refractivity contribution in [1.29, 1.82) is 0 Å². The SMILES string of the molecule is Cc1cc(NC(=O)C(C)SCC(=O)NCC(F)(F)F)no1. The second-order valence-electron chi connectivity index (χ2n) is 4.16. The number of alkyl halides is 3. The first-order valence-electron chi connectivity index (χ1n) is 5.86. The van der Waals surface area contributed by atoms with Crippen molar-refractivity contribution in [1.82, 2.24) is 10.5 Å². The van der Waals surface area contributed by atoms with Crippen LogP contribution in [0.15, 0.2) is 10.6 Å². The van der Waals surface area contributed by atoms with Crippen molar-refractivity contribution in [3.8, 4) is 0 Å². The van der Waals surface area contributed by atoms with Gasteiger partial charge in [-0.3, -0.25) is 9.59 Å². The number of nitrogens with one attached hydrogen (secondary N) is 2. The van der Waals surface area contributed by atoms with Crippen molar-refractivity contribution in [2.75, 3.05) is 17.6 Å². The van der Waals surface area contributed by atoms with E-state index in [9.17, 15) is 22.8 Å². The first-order chi connectivity index (χ1) is 9.67. The van der Waals surface area contributed by atoms with E-state index in [4.69, 9.17) is 4.52 Å². The fourth-order valence-electron chi connectivity index (χ4n) is 1.18. The number of carbonyl (C=O) groups is 2. The fraction of sp³-hybridized carbons (Fsp3) is 0.545. The molecular formula is C11H14F3N3O3S. The van der Waals surface area contributed by atoms with Crippen molar-refractivity contribution in [2.45, 2.75) is 25.3 Å². The number of amides is 2. The molecule has 0 spiro atoms. The maximum Gasteiger partial charge on any atom is 0.405 e. The Kier molecular flexibility index (Phi) is 6.06. The maximum atomic E-state index is 11.9. The molecule has 0 fully saturated rings. The van der Waals surface area contributed by atoms with E-state index >= 15 is 0 Å². The van der Waals surface area contributed by atoms with Gasteiger partial charge in [-0.1, -0.05) is 5.16 Å². The summed E-state index contributed by atoms with van der Waals surface area (Å²) in [6, 6.07) is 1.52. The Morgan fingerprint density at radius 3 is 2.67 bits per heavy atom. The molecule has 10 heteroatoms. The summed E-state index contributed by atoms with van der Waals surface area (Å²) in [6.07, 6.45) is -4.45. The van der Waals surface area contributed by atoms with E-state index in [-0.39, 0.29) is 11.6 Å². The molecule has 1 atom stereocenters. The van der Waals surface area contributed by atoms with Crippen LogP contribution in [-0.4, -0.2) is 40.7 Å². The molecule has 0 aromatic carbocycles. The van der Waals surface area contributed by atoms with Crippen molar-refractivity contribution in [3.63, 3.8) is 0 Å². The number of hydrogen-bond donors (Lipinski definition) is 2. The maximum absolute atomic E-state index is 11.9. The highest BCUT2D eigenvalue weighted by Crippen LogP contribution is 2.15. The first kappa shape index (κ1) is 17.3. The van der Waals surface area contributed by atoms with Crippen molar-refractivity contribution >= 4 is 29.4 Å². The van der Waals surface area contributed by atoms with E-state index in [0.29, 0.717) is 5.76 Å². The molecule has 6 nitrogen and oxygen atoms in total. The lowest BCUT2D eigenvalue weighted by Gasteiger charge is -2.11. The molecule has 1 rings (SSSR count). The molecule has 1 heterocycles. The van der Waals surface area contributed by atoms with Gasteiger partial charge in [0.1, 0.15) is 12.3 Å². The molecule has 0 aliphatic heterocycles. The summed E-state index contributed by atoms with van der Waals surface area (Å²) in [5.74, 6) is -0.683. The Balaban J connectivity index is 2.31. The van der Waals surface area contributed by atoms with Crippen LogP contribution in [0.1, 0.15) is 12.7 Å². The van der Waals surface area contributed by atoms with Gasteiger partial charge in [0.25, 0.3) is 0 Å². The van der Waals surface area contributed by atoms with Gasteiger partial charge in [0, 0.05) is 6.07 Å². The van der Waals surface area contributed by atoms with Crippen LogP contribution in [-0.2, 0) is 9.59 Å². The molecule has 0 saturated carbocycles. The van der Waals surface area contributed by atoms with Gasteiger partial charge in [-0.25, -0.2) is 0 Å². The zero-order valence-electron chi connectivity index (χ0n) is 11.3. The van der Waals surface area contributed by atoms with E-state index in [2.05, 4.69) is 10.5 Å². The van der Waals surface area contributed by atoms with E-state index < -0.39 is 29.8 Å². The van der Waals surface area contributed by atoms with Crippen LogP contribution in [0.25, 0.3) is 0 Å². The van der Waals surface area contributed by atoms with E-state index in [1.54, 1.807) is 12.2 Å². The number of hydrogen-bond acceptors (Lipinski definition) is 5. The van der Waals surface area contributed by atoms with Gasteiger partial charge in [0.2, 0.25) is 11.8 Å². The normalized spacial score (nSPS) is 12.8. The number of rotatable bonds is 6. The highest BCUT2D eigenvalue weighted by molar-refractivity contribution is 8.01. The lowest BCUT2D eigenvalue weighted by Crippen LogP contribution is -2.35. The standard InChI is InChI=1S/C11H14F3N3O3S/c1-6-3-8(17-20-6)16-10(19)7(2)21-4-9(18)15-5-11(12,13)14/h3,7H,4-5H2,1-2H3,(H,15,18)(H,16,17,19). The zero-order chi connectivity index (χ0) is 16.0. The minimum atomic E-state index is -4.45. The molecule has 2 N–H and O–H groups in total. The van der Waals surface area contributed by atoms with E-state index in [1.807, 2.05) is 0 Å². The van der Waals surface area contributed by atoms with Crippen LogP contribution in [0.3, 0.4) is 0 Å². The molecule has 1 unspecified atom stereocenters. The Morgan fingerprint density at radius 2 is 2.14 bits per heavy atom. The molecule has 0 saturated heterocycles. The monoisotopic (exact) mass is 325 g/mol. The first-order valence-corrected chi connectivity index (χ1v) is 6.91. The predicted octanol–water partition coefficient (Wildman–Crippen LogP) is 1.72. The summed E-state index contributed by atoms with van der Waals surface area (Å²) < 4.78 is 40.4. The van der Waals surface area contributed by atoms with Crippen LogP contribution >= 0.6 is 11.8 Å². The number of thioether (sulfide) groups is 1. The number of aryl methyl sites for hydroxylation is 1. The fourth-order valence-corrected chi connectivity index (χ4v) is 1.89. The summed E-state index contributed by atoms with van der Waals surface area (Å²) in [5.41, 5.74) is 0. The second-order valence-corrected chi connectivity index (χ2v) is 5.49. The number of halogens is 3. The van der Waals surface area contributed by atoms with Crippen LogP contribution < -0.4 is 10.6 Å². The Morgan fingerprint density at radius 1 is 1.48 bits per heavy atom. The minimum Gasteiger partial charge on any atom is -0.360 e. The topological polar surface area (TPSA) is 84.2 Å². The average molecular weight is 325 g/mol. The van der Waals surface area contributed by atoms with E-state index in [1.165, 1.54) is 13.0 Å². The molecule has 0 aliphatic carbocycles. The molecule has 21 heavy (non-hydrogen) atoms. The van der Waals surface area contributed by atoms with Crippen molar-refractivity contribution in [2.24, 2.45) is 0 Å². The molecule has 118 valence electrons. The van der Waals surface area contributed by atoms with Crippen LogP contribution in [0.5, 0.6) is 0 Å². The zero-order valence-corrected chi connectivity index (χ0v) is 12.1. The number of anilines is 1. The molecule has 2 amide bonds. The third-order valence-electron chi connectivity index (χ3n) is 2.20. The average Bonchev–Trinajstić information content (AvgIpc) is 2.78. The Bertz CT molecular complexity index is 504. The molecule has 0 radical (unpaired) electrons. The van der Waals surface area contributed by atoms with Gasteiger partial charge in [0.15, 0.2) is 5.82 Å². The van der Waals surface area contributed by atoms with Crippen molar-refractivity contribution in [3.05, 3.63) is 11.8 Å². The summed E-state index contributed by atoms with van der Waals surface area (Å²) in [7, 11) is 0. The highest BCUT2D eigenvalue weighted by Gasteiger charge is 2.27. The summed E-state index contributed by atoms with van der Waals surface area (Å²) in [5, 5.41) is 7.14. The largest absolute Gasteiger partial charge is 0.405 e. The second kappa shape index (κ2) is 7.34. The highest BCUT2D eigenvalue weighted by atomic mass is 32.2. The Hall–Kier alpha value is -1.71. The van der Waals surface area contributed by atoms with Crippen LogP contribution in [0.4, 0.5) is 19.0 Å². The molecule has 1 aromatic heterocycles.